The zero-order valence-electron chi connectivity index (χ0n) is 21.2. The Hall–Kier alpha value is -4.60. The highest BCUT2D eigenvalue weighted by Crippen LogP contribution is 2.38. The lowest BCUT2D eigenvalue weighted by atomic mass is 9.92. The number of piperidine rings is 1. The molecule has 1 aromatic carbocycles. The van der Waals surface area contributed by atoms with Gasteiger partial charge in [0, 0.05) is 41.8 Å². The third-order valence-corrected chi connectivity index (χ3v) is 7.21. The molecule has 5 heterocycles. The zero-order valence-corrected chi connectivity index (χ0v) is 21.2. The van der Waals surface area contributed by atoms with Crippen LogP contribution in [0.2, 0.25) is 0 Å². The number of hydrogen-bond acceptors (Lipinski definition) is 6. The van der Waals surface area contributed by atoms with E-state index in [2.05, 4.69) is 26.9 Å². The van der Waals surface area contributed by atoms with E-state index in [1.165, 1.54) is 0 Å². The molecule has 1 amide bonds. The molecular formula is C28H31N9O. The van der Waals surface area contributed by atoms with Crippen LogP contribution in [0.25, 0.3) is 28.2 Å². The summed E-state index contributed by atoms with van der Waals surface area (Å²) >= 11 is 0. The van der Waals surface area contributed by atoms with Crippen molar-refractivity contribution in [3.05, 3.63) is 67.3 Å². The Labute approximate surface area is 221 Å². The number of carbonyl (C=O) groups is 1. The summed E-state index contributed by atoms with van der Waals surface area (Å²) in [7, 11) is 0. The standard InChI is InChI=1S/C17H13N5.C11H18N4O/c18-16-17-21-11-15(22(17)9-8-19-16)13-6-7-14(20-10-13)12-4-2-1-3-5-12;1-7-4-8-2-3-9(5-7)15(8)11(16)10(13)14-6-12/h1-11H,(H2,18,19);6-9H,2-5H2,1H3,(H3,12,13,14). The average molecular weight is 510 g/mol. The van der Waals surface area contributed by atoms with E-state index in [9.17, 15) is 4.79 Å². The molecule has 0 aliphatic carbocycles. The van der Waals surface area contributed by atoms with Crippen molar-refractivity contribution < 1.29 is 4.79 Å². The largest absolute Gasteiger partial charge is 0.381 e. The number of aliphatic imine (C=N–C) groups is 1. The first-order valence-corrected chi connectivity index (χ1v) is 12.7. The van der Waals surface area contributed by atoms with Crippen LogP contribution in [0, 0.1) is 11.3 Å². The lowest BCUT2D eigenvalue weighted by molar-refractivity contribution is -0.128. The minimum absolute atomic E-state index is 0.0542. The quantitative estimate of drug-likeness (QED) is 0.282. The lowest BCUT2D eigenvalue weighted by Gasteiger charge is -2.37. The molecule has 10 heteroatoms. The molecular weight excluding hydrogens is 478 g/mol. The molecule has 3 aromatic heterocycles. The molecule has 2 aliphatic heterocycles. The van der Waals surface area contributed by atoms with Crippen LogP contribution in [0.15, 0.2) is 72.2 Å². The fraction of sp³-hybridized carbons (Fsp3) is 0.286. The van der Waals surface area contributed by atoms with Crippen LogP contribution in [0.1, 0.15) is 32.6 Å². The summed E-state index contributed by atoms with van der Waals surface area (Å²) in [5.41, 5.74) is 16.0. The van der Waals surface area contributed by atoms with E-state index >= 15 is 0 Å². The number of hydrogen-bond donors (Lipinski definition) is 3. The van der Waals surface area contributed by atoms with Gasteiger partial charge in [0.05, 0.1) is 17.6 Å². The van der Waals surface area contributed by atoms with Gasteiger partial charge in [-0.25, -0.2) is 15.0 Å². The van der Waals surface area contributed by atoms with Gasteiger partial charge in [0.15, 0.2) is 17.3 Å². The minimum atomic E-state index is -0.192. The van der Waals surface area contributed by atoms with Gasteiger partial charge in [-0.05, 0) is 43.7 Å². The predicted molar refractivity (Wildman–Crippen MR) is 149 cm³/mol. The Morgan fingerprint density at radius 1 is 1.03 bits per heavy atom. The molecule has 2 fully saturated rings. The number of amides is 1. The maximum atomic E-state index is 12.0. The van der Waals surface area contributed by atoms with Crippen LogP contribution in [-0.4, -0.2) is 54.4 Å². The monoisotopic (exact) mass is 509 g/mol. The number of nitrogens with two attached hydrogens (primary N) is 2. The van der Waals surface area contributed by atoms with Gasteiger partial charge in [-0.15, -0.1) is 0 Å². The highest BCUT2D eigenvalue weighted by molar-refractivity contribution is 6.38. The third-order valence-electron chi connectivity index (χ3n) is 7.21. The summed E-state index contributed by atoms with van der Waals surface area (Å²) in [5.74, 6) is 0.870. The Bertz CT molecular complexity index is 1450. The summed E-state index contributed by atoms with van der Waals surface area (Å²) in [6.07, 6.45) is 12.3. The number of anilines is 1. The van der Waals surface area contributed by atoms with E-state index in [-0.39, 0.29) is 11.7 Å². The molecule has 2 aliphatic rings. The maximum Gasteiger partial charge on any atom is 0.289 e. The van der Waals surface area contributed by atoms with Crippen LogP contribution in [0.3, 0.4) is 0 Å². The number of nitrogens with zero attached hydrogens (tertiary/aromatic N) is 6. The number of nitrogen functional groups attached to an aromatic ring is 1. The van der Waals surface area contributed by atoms with Gasteiger partial charge in [0.1, 0.15) is 6.34 Å². The molecule has 2 bridgehead atoms. The van der Waals surface area contributed by atoms with E-state index in [0.29, 0.717) is 29.5 Å². The molecule has 0 spiro atoms. The van der Waals surface area contributed by atoms with Gasteiger partial charge < -0.3 is 16.4 Å². The summed E-state index contributed by atoms with van der Waals surface area (Å²) in [4.78, 5) is 30.4. The molecule has 0 saturated carbocycles. The van der Waals surface area contributed by atoms with Gasteiger partial charge in [0.25, 0.3) is 5.91 Å². The molecule has 4 aromatic rings. The van der Waals surface area contributed by atoms with Gasteiger partial charge >= 0.3 is 0 Å². The number of aromatic nitrogens is 4. The second-order valence-electron chi connectivity index (χ2n) is 9.77. The molecule has 10 nitrogen and oxygen atoms in total. The van der Waals surface area contributed by atoms with E-state index < -0.39 is 0 Å². The number of rotatable bonds is 3. The van der Waals surface area contributed by atoms with Crippen molar-refractivity contribution in [3.63, 3.8) is 0 Å². The fourth-order valence-electron chi connectivity index (χ4n) is 5.52. The van der Waals surface area contributed by atoms with Crippen molar-refractivity contribution in [1.29, 1.82) is 5.41 Å². The second-order valence-corrected chi connectivity index (χ2v) is 9.77. The van der Waals surface area contributed by atoms with Crippen molar-refractivity contribution in [1.82, 2.24) is 24.3 Å². The number of pyridine rings is 1. The molecule has 2 saturated heterocycles. The van der Waals surface area contributed by atoms with Gasteiger partial charge in [-0.1, -0.05) is 37.3 Å². The molecule has 2 atom stereocenters. The first kappa shape index (κ1) is 25.1. The van der Waals surface area contributed by atoms with Gasteiger partial charge in [0.2, 0.25) is 0 Å². The summed E-state index contributed by atoms with van der Waals surface area (Å²) < 4.78 is 1.92. The topological polar surface area (TPSA) is 152 Å². The maximum absolute atomic E-state index is 12.0. The smallest absolute Gasteiger partial charge is 0.289 e. The van der Waals surface area contributed by atoms with E-state index in [4.69, 9.17) is 16.9 Å². The van der Waals surface area contributed by atoms with Crippen molar-refractivity contribution in [2.75, 3.05) is 5.73 Å². The van der Waals surface area contributed by atoms with E-state index in [1.54, 1.807) is 12.4 Å². The zero-order chi connectivity index (χ0) is 26.6. The summed E-state index contributed by atoms with van der Waals surface area (Å²) in [6, 6.07) is 14.8. The Kier molecular flexibility index (Phi) is 7.12. The highest BCUT2D eigenvalue weighted by Gasteiger charge is 2.42. The molecule has 38 heavy (non-hydrogen) atoms. The summed E-state index contributed by atoms with van der Waals surface area (Å²) in [5, 5.41) is 6.83. The number of nitrogens with one attached hydrogen (secondary N) is 1. The Morgan fingerprint density at radius 2 is 1.76 bits per heavy atom. The number of carbonyl (C=O) groups excluding carboxylic acids is 1. The molecule has 194 valence electrons. The van der Waals surface area contributed by atoms with Gasteiger partial charge in [-0.3, -0.25) is 19.6 Å². The van der Waals surface area contributed by atoms with Crippen molar-refractivity contribution in [2.24, 2.45) is 16.6 Å². The third kappa shape index (κ3) is 4.97. The normalized spacial score (nSPS) is 20.6. The fourth-order valence-corrected chi connectivity index (χ4v) is 5.52. The Morgan fingerprint density at radius 3 is 2.42 bits per heavy atom. The SMILES string of the molecule is CC1CC2CCC(C1)N2C(=O)C(N)=NC=N.Nc1nccn2c(-c3ccc(-c4ccccc4)nc3)cnc12. The molecule has 0 radical (unpaired) electrons. The number of fused-ring (bicyclic) bond motifs is 3. The highest BCUT2D eigenvalue weighted by atomic mass is 16.2. The Balaban J connectivity index is 0.000000163. The van der Waals surface area contributed by atoms with Crippen molar-refractivity contribution >= 4 is 29.5 Å². The number of amidine groups is 1. The molecule has 5 N–H and O–H groups in total. The van der Waals surface area contributed by atoms with Gasteiger partial charge in [-0.2, -0.15) is 0 Å². The second kappa shape index (κ2) is 10.8. The van der Waals surface area contributed by atoms with Crippen molar-refractivity contribution in [3.8, 4) is 22.5 Å². The number of imidazole rings is 1. The van der Waals surface area contributed by atoms with Crippen LogP contribution in [-0.2, 0) is 4.79 Å². The van der Waals surface area contributed by atoms with E-state index in [1.807, 2.05) is 64.2 Å². The van der Waals surface area contributed by atoms with Crippen LogP contribution < -0.4 is 11.5 Å². The molecule has 6 rings (SSSR count). The van der Waals surface area contributed by atoms with Crippen molar-refractivity contribution in [2.45, 2.75) is 44.7 Å². The summed E-state index contributed by atoms with van der Waals surface area (Å²) in [6.45, 7) is 2.24. The van der Waals surface area contributed by atoms with Crippen LogP contribution in [0.4, 0.5) is 5.82 Å². The first-order chi connectivity index (χ1) is 18.5. The van der Waals surface area contributed by atoms with Crippen LogP contribution in [0.5, 0.6) is 0 Å². The number of benzene rings is 1. The lowest BCUT2D eigenvalue weighted by Crippen LogP contribution is -2.50. The average Bonchev–Trinajstić information content (AvgIpc) is 3.49. The van der Waals surface area contributed by atoms with Crippen LogP contribution >= 0.6 is 0 Å². The first-order valence-electron chi connectivity index (χ1n) is 12.7. The van der Waals surface area contributed by atoms with E-state index in [0.717, 1.165) is 54.5 Å². The molecule has 2 unspecified atom stereocenters. The predicted octanol–water partition coefficient (Wildman–Crippen LogP) is 3.78. The minimum Gasteiger partial charge on any atom is -0.381 e.